The van der Waals surface area contributed by atoms with Crippen molar-refractivity contribution in [3.05, 3.63) is 18.2 Å². The Labute approximate surface area is 124 Å². The van der Waals surface area contributed by atoms with Crippen molar-refractivity contribution in [2.24, 2.45) is 11.8 Å². The lowest BCUT2D eigenvalue weighted by Crippen LogP contribution is -2.30. The van der Waals surface area contributed by atoms with Crippen LogP contribution >= 0.6 is 0 Å². The highest BCUT2D eigenvalue weighted by Crippen LogP contribution is 2.34. The van der Waals surface area contributed by atoms with Gasteiger partial charge in [0.05, 0.1) is 7.11 Å². The molecule has 1 aromatic carbocycles. The summed E-state index contributed by atoms with van der Waals surface area (Å²) < 4.78 is 34.4. The van der Waals surface area contributed by atoms with Crippen LogP contribution in [0.15, 0.2) is 18.2 Å². The fourth-order valence-corrected chi connectivity index (χ4v) is 3.26. The van der Waals surface area contributed by atoms with Gasteiger partial charge in [-0.05, 0) is 43.2 Å². The first-order valence-corrected chi connectivity index (χ1v) is 7.37. The number of anilines is 1. The SMILES string of the molecule is COc1ccc(NC2CC(C)CC(C)C2)cc1OC(F)F. The third-order valence-corrected chi connectivity index (χ3v) is 3.93. The zero-order valence-corrected chi connectivity index (χ0v) is 12.7. The van der Waals surface area contributed by atoms with Crippen LogP contribution in [0.2, 0.25) is 0 Å². The molecule has 1 aliphatic carbocycles. The molecule has 1 N–H and O–H groups in total. The number of alkyl halides is 2. The Balaban J connectivity index is 2.09. The molecule has 0 bridgehead atoms. The normalized spacial score (nSPS) is 25.7. The van der Waals surface area contributed by atoms with Crippen LogP contribution in [0.25, 0.3) is 0 Å². The van der Waals surface area contributed by atoms with E-state index in [1.165, 1.54) is 13.5 Å². The molecule has 2 rings (SSSR count). The Hall–Kier alpha value is -1.52. The van der Waals surface area contributed by atoms with Crippen LogP contribution in [0.1, 0.15) is 33.1 Å². The predicted octanol–water partition coefficient (Wildman–Crippen LogP) is 4.53. The van der Waals surface area contributed by atoms with E-state index in [0.29, 0.717) is 23.6 Å². The summed E-state index contributed by atoms with van der Waals surface area (Å²) in [4.78, 5) is 0. The number of hydrogen-bond acceptors (Lipinski definition) is 3. The van der Waals surface area contributed by atoms with Crippen LogP contribution < -0.4 is 14.8 Å². The number of hydrogen-bond donors (Lipinski definition) is 1. The maximum Gasteiger partial charge on any atom is 0.387 e. The first kappa shape index (κ1) is 15.9. The molecule has 0 aliphatic heterocycles. The van der Waals surface area contributed by atoms with E-state index in [9.17, 15) is 8.78 Å². The third kappa shape index (κ3) is 4.48. The minimum atomic E-state index is -2.86. The van der Waals surface area contributed by atoms with E-state index in [1.54, 1.807) is 12.1 Å². The Kier molecular flexibility index (Phi) is 5.26. The highest BCUT2D eigenvalue weighted by atomic mass is 19.3. The van der Waals surface area contributed by atoms with Crippen LogP contribution in [0.3, 0.4) is 0 Å². The first-order chi connectivity index (χ1) is 9.97. The van der Waals surface area contributed by atoms with Crippen LogP contribution in [0.5, 0.6) is 11.5 Å². The summed E-state index contributed by atoms with van der Waals surface area (Å²) in [6.45, 7) is 1.65. The number of benzene rings is 1. The van der Waals surface area contributed by atoms with Gasteiger partial charge in [0.1, 0.15) is 0 Å². The van der Waals surface area contributed by atoms with Gasteiger partial charge in [0.25, 0.3) is 0 Å². The molecule has 21 heavy (non-hydrogen) atoms. The standard InChI is InChI=1S/C16H23F2NO2/c1-10-6-11(2)8-13(7-10)19-12-4-5-14(20-3)15(9-12)21-16(17)18/h4-5,9-11,13,16,19H,6-8H2,1-3H3. The van der Waals surface area contributed by atoms with Crippen molar-refractivity contribution in [3.63, 3.8) is 0 Å². The fourth-order valence-electron chi connectivity index (χ4n) is 3.26. The molecule has 1 fully saturated rings. The molecule has 1 aliphatic rings. The van der Waals surface area contributed by atoms with Crippen molar-refractivity contribution < 1.29 is 18.3 Å². The smallest absolute Gasteiger partial charge is 0.387 e. The molecule has 0 amide bonds. The molecule has 0 radical (unpaired) electrons. The van der Waals surface area contributed by atoms with E-state index in [1.807, 2.05) is 6.07 Å². The summed E-state index contributed by atoms with van der Waals surface area (Å²) in [5.74, 6) is 1.74. The second kappa shape index (κ2) is 6.96. The molecule has 0 saturated heterocycles. The van der Waals surface area contributed by atoms with Crippen LogP contribution in [-0.2, 0) is 0 Å². The van der Waals surface area contributed by atoms with Gasteiger partial charge >= 0.3 is 6.61 Å². The first-order valence-electron chi connectivity index (χ1n) is 7.37. The van der Waals surface area contributed by atoms with Crippen molar-refractivity contribution in [2.75, 3.05) is 12.4 Å². The number of halogens is 2. The monoisotopic (exact) mass is 299 g/mol. The van der Waals surface area contributed by atoms with Crippen molar-refractivity contribution in [1.29, 1.82) is 0 Å². The zero-order chi connectivity index (χ0) is 15.4. The second-order valence-electron chi connectivity index (χ2n) is 6.00. The number of methoxy groups -OCH3 is 1. The Morgan fingerprint density at radius 1 is 1.10 bits per heavy atom. The van der Waals surface area contributed by atoms with E-state index >= 15 is 0 Å². The number of rotatable bonds is 5. The molecule has 2 atom stereocenters. The fraction of sp³-hybridized carbons (Fsp3) is 0.625. The van der Waals surface area contributed by atoms with E-state index in [2.05, 4.69) is 23.9 Å². The highest BCUT2D eigenvalue weighted by molar-refractivity contribution is 5.55. The maximum atomic E-state index is 12.4. The van der Waals surface area contributed by atoms with Gasteiger partial charge in [0.2, 0.25) is 0 Å². The molecule has 2 unspecified atom stereocenters. The molecule has 118 valence electrons. The predicted molar refractivity (Wildman–Crippen MR) is 79.2 cm³/mol. The van der Waals surface area contributed by atoms with Gasteiger partial charge < -0.3 is 14.8 Å². The molecular weight excluding hydrogens is 276 g/mol. The Bertz CT molecular complexity index is 458. The van der Waals surface area contributed by atoms with Gasteiger partial charge in [0, 0.05) is 17.8 Å². The second-order valence-corrected chi connectivity index (χ2v) is 6.00. The van der Waals surface area contributed by atoms with Gasteiger partial charge in [0.15, 0.2) is 11.5 Å². The van der Waals surface area contributed by atoms with Gasteiger partial charge in [-0.15, -0.1) is 0 Å². The maximum absolute atomic E-state index is 12.4. The van der Waals surface area contributed by atoms with Crippen molar-refractivity contribution >= 4 is 5.69 Å². The third-order valence-electron chi connectivity index (χ3n) is 3.93. The molecule has 1 aromatic rings. The minimum absolute atomic E-state index is 0.0643. The van der Waals surface area contributed by atoms with Gasteiger partial charge in [-0.25, -0.2) is 0 Å². The van der Waals surface area contributed by atoms with Gasteiger partial charge in [-0.2, -0.15) is 8.78 Å². The lowest BCUT2D eigenvalue weighted by molar-refractivity contribution is -0.0511. The zero-order valence-electron chi connectivity index (χ0n) is 12.7. The topological polar surface area (TPSA) is 30.5 Å². The molecule has 0 spiro atoms. The lowest BCUT2D eigenvalue weighted by Gasteiger charge is -2.32. The Morgan fingerprint density at radius 3 is 2.33 bits per heavy atom. The minimum Gasteiger partial charge on any atom is -0.493 e. The van der Waals surface area contributed by atoms with Crippen LogP contribution in [-0.4, -0.2) is 19.8 Å². The molecule has 1 saturated carbocycles. The summed E-state index contributed by atoms with van der Waals surface area (Å²) >= 11 is 0. The van der Waals surface area contributed by atoms with Crippen molar-refractivity contribution in [3.8, 4) is 11.5 Å². The van der Waals surface area contributed by atoms with Crippen LogP contribution in [0.4, 0.5) is 14.5 Å². The van der Waals surface area contributed by atoms with E-state index < -0.39 is 6.61 Å². The summed E-state index contributed by atoms with van der Waals surface area (Å²) in [6, 6.07) is 5.43. The number of ether oxygens (including phenoxy) is 2. The molecule has 0 heterocycles. The lowest BCUT2D eigenvalue weighted by atomic mass is 9.80. The Morgan fingerprint density at radius 2 is 1.76 bits per heavy atom. The summed E-state index contributed by atoms with van der Waals surface area (Å²) in [5.41, 5.74) is 0.790. The molecular formula is C16H23F2NO2. The molecule has 5 heteroatoms. The van der Waals surface area contributed by atoms with Gasteiger partial charge in [-0.3, -0.25) is 0 Å². The van der Waals surface area contributed by atoms with Crippen molar-refractivity contribution in [2.45, 2.75) is 45.8 Å². The average molecular weight is 299 g/mol. The molecule has 0 aromatic heterocycles. The van der Waals surface area contributed by atoms with E-state index in [0.717, 1.165) is 18.5 Å². The van der Waals surface area contributed by atoms with Crippen molar-refractivity contribution in [1.82, 2.24) is 0 Å². The number of nitrogens with one attached hydrogen (secondary N) is 1. The summed E-state index contributed by atoms with van der Waals surface area (Å²) in [7, 11) is 1.44. The van der Waals surface area contributed by atoms with Crippen LogP contribution in [0, 0.1) is 11.8 Å². The highest BCUT2D eigenvalue weighted by Gasteiger charge is 2.24. The van der Waals surface area contributed by atoms with E-state index in [-0.39, 0.29) is 5.75 Å². The molecule has 3 nitrogen and oxygen atoms in total. The summed E-state index contributed by atoms with van der Waals surface area (Å²) in [6.07, 6.45) is 3.45. The quantitative estimate of drug-likeness (QED) is 0.866. The van der Waals surface area contributed by atoms with Gasteiger partial charge in [-0.1, -0.05) is 13.8 Å². The largest absolute Gasteiger partial charge is 0.493 e. The van der Waals surface area contributed by atoms with E-state index in [4.69, 9.17) is 4.74 Å². The summed E-state index contributed by atoms with van der Waals surface area (Å²) in [5, 5.41) is 3.43. The average Bonchev–Trinajstić information content (AvgIpc) is 2.37.